The smallest absolute Gasteiger partial charge is 0.308 e. The van der Waals surface area contributed by atoms with Crippen LogP contribution in [0.15, 0.2) is 27.9 Å². The fourth-order valence-electron chi connectivity index (χ4n) is 1.58. The van der Waals surface area contributed by atoms with Crippen LogP contribution < -0.4 is 22.5 Å². The van der Waals surface area contributed by atoms with E-state index in [9.17, 15) is 19.7 Å². The Morgan fingerprint density at radius 3 is 2.81 bits per heavy atom. The zero-order chi connectivity index (χ0) is 15.6. The molecule has 0 aliphatic heterocycles. The molecule has 21 heavy (non-hydrogen) atoms. The molecule has 0 saturated carbocycles. The number of hydrogen-bond acceptors (Lipinski definition) is 7. The molecule has 0 aliphatic rings. The Balaban J connectivity index is 2.49. The number of nitro groups is 1. The summed E-state index contributed by atoms with van der Waals surface area (Å²) >= 11 is 5.94. The summed E-state index contributed by atoms with van der Waals surface area (Å²) in [5, 5.41) is 11.0. The van der Waals surface area contributed by atoms with Gasteiger partial charge in [0.15, 0.2) is 0 Å². The molecule has 0 aliphatic carbocycles. The maximum Gasteiger partial charge on any atom is 0.350 e. The van der Waals surface area contributed by atoms with E-state index < -0.39 is 21.9 Å². The molecular weight excluding hydrogens is 304 g/mol. The first-order chi connectivity index (χ1) is 9.92. The number of H-pyrrole nitrogens is 1. The number of aromatic nitrogens is 3. The van der Waals surface area contributed by atoms with Gasteiger partial charge in [-0.3, -0.25) is 24.5 Å². The second kappa shape index (κ2) is 5.73. The third-order valence-corrected chi connectivity index (χ3v) is 2.92. The van der Waals surface area contributed by atoms with E-state index in [2.05, 4.69) is 10.4 Å². The number of hydrogen-bond donors (Lipinski definition) is 3. The van der Waals surface area contributed by atoms with Crippen LogP contribution in [0, 0.1) is 10.1 Å². The second-order valence-corrected chi connectivity index (χ2v) is 4.34. The number of anilines is 1. The number of hydrazine groups is 1. The summed E-state index contributed by atoms with van der Waals surface area (Å²) in [6.07, 6.45) is 0.835. The van der Waals surface area contributed by atoms with Gasteiger partial charge in [-0.2, -0.15) is 0 Å². The topological polar surface area (TPSA) is 149 Å². The van der Waals surface area contributed by atoms with Crippen LogP contribution in [-0.4, -0.2) is 19.5 Å². The van der Waals surface area contributed by atoms with E-state index in [4.69, 9.17) is 17.4 Å². The van der Waals surface area contributed by atoms with Crippen molar-refractivity contribution in [3.05, 3.63) is 60.0 Å². The molecule has 0 aromatic carbocycles. The Labute approximate surface area is 121 Å². The minimum absolute atomic E-state index is 0.162. The molecular formula is C10H9ClN6O4. The Morgan fingerprint density at radius 1 is 1.48 bits per heavy atom. The van der Waals surface area contributed by atoms with Crippen molar-refractivity contribution in [2.75, 3.05) is 5.43 Å². The molecule has 110 valence electrons. The first kappa shape index (κ1) is 14.7. The third kappa shape index (κ3) is 3.07. The molecule has 2 heterocycles. The summed E-state index contributed by atoms with van der Waals surface area (Å²) in [5.74, 6) is 5.52. The molecule has 2 aromatic rings. The molecule has 0 atom stereocenters. The number of nitrogens with one attached hydrogen (secondary N) is 2. The zero-order valence-corrected chi connectivity index (χ0v) is 11.1. The molecule has 0 spiro atoms. The van der Waals surface area contributed by atoms with Crippen LogP contribution in [-0.2, 0) is 6.54 Å². The van der Waals surface area contributed by atoms with Crippen molar-refractivity contribution in [1.82, 2.24) is 14.5 Å². The quantitative estimate of drug-likeness (QED) is 0.403. The molecule has 2 rings (SSSR count). The summed E-state index contributed by atoms with van der Waals surface area (Å²) in [6.45, 7) is -0.162. The predicted octanol–water partition coefficient (Wildman–Crippen LogP) is -0.173. The second-order valence-electron chi connectivity index (χ2n) is 3.93. The monoisotopic (exact) mass is 312 g/mol. The van der Waals surface area contributed by atoms with E-state index in [1.807, 2.05) is 4.98 Å². The van der Waals surface area contributed by atoms with Gasteiger partial charge >= 0.3 is 16.9 Å². The number of nitrogens with two attached hydrogens (primary N) is 1. The summed E-state index contributed by atoms with van der Waals surface area (Å²) in [6, 6.07) is 3.02. The van der Waals surface area contributed by atoms with Crippen LogP contribution in [0.1, 0.15) is 5.69 Å². The van der Waals surface area contributed by atoms with Gasteiger partial charge in [-0.1, -0.05) is 11.6 Å². The Bertz CT molecular complexity index is 814. The highest BCUT2D eigenvalue weighted by Crippen LogP contribution is 2.17. The first-order valence-corrected chi connectivity index (χ1v) is 5.90. The highest BCUT2D eigenvalue weighted by molar-refractivity contribution is 6.31. The number of nitrogens with zero attached hydrogens (tertiary/aromatic N) is 3. The van der Waals surface area contributed by atoms with E-state index in [0.29, 0.717) is 5.82 Å². The lowest BCUT2D eigenvalue weighted by molar-refractivity contribution is -0.386. The van der Waals surface area contributed by atoms with Gasteiger partial charge in [-0.15, -0.1) is 0 Å². The molecule has 0 fully saturated rings. The van der Waals surface area contributed by atoms with E-state index >= 15 is 0 Å². The van der Waals surface area contributed by atoms with Crippen LogP contribution in [0.5, 0.6) is 0 Å². The summed E-state index contributed by atoms with van der Waals surface area (Å²) in [4.78, 5) is 38.6. The molecule has 0 bridgehead atoms. The van der Waals surface area contributed by atoms with Crippen molar-refractivity contribution in [3.8, 4) is 0 Å². The van der Waals surface area contributed by atoms with Gasteiger partial charge in [0.2, 0.25) is 0 Å². The van der Waals surface area contributed by atoms with Gasteiger partial charge in [-0.05, 0) is 12.1 Å². The van der Waals surface area contributed by atoms with Gasteiger partial charge in [0.1, 0.15) is 5.82 Å². The lowest BCUT2D eigenvalue weighted by atomic mass is 10.3. The molecule has 11 heteroatoms. The molecule has 10 nitrogen and oxygen atoms in total. The number of halogens is 1. The lowest BCUT2D eigenvalue weighted by Gasteiger charge is -2.08. The van der Waals surface area contributed by atoms with Gasteiger partial charge in [0.05, 0.1) is 28.4 Å². The highest BCUT2D eigenvalue weighted by Gasteiger charge is 2.16. The average molecular weight is 313 g/mol. The highest BCUT2D eigenvalue weighted by atomic mass is 35.5. The summed E-state index contributed by atoms with van der Waals surface area (Å²) in [5.41, 5.74) is -0.0630. The SMILES string of the molecule is NNc1ccc(Cl)c(Cn2cc([N+](=O)[O-])c(=O)[nH]c2=O)n1. The minimum atomic E-state index is -1.07. The van der Waals surface area contributed by atoms with E-state index in [1.165, 1.54) is 12.1 Å². The van der Waals surface area contributed by atoms with Crippen LogP contribution >= 0.6 is 11.6 Å². The van der Waals surface area contributed by atoms with Crippen molar-refractivity contribution in [2.24, 2.45) is 5.84 Å². The van der Waals surface area contributed by atoms with Crippen LogP contribution in [0.25, 0.3) is 0 Å². The molecule has 0 saturated heterocycles. The van der Waals surface area contributed by atoms with Gasteiger partial charge < -0.3 is 5.43 Å². The van der Waals surface area contributed by atoms with Gasteiger partial charge in [0, 0.05) is 0 Å². The molecule has 0 unspecified atom stereocenters. The van der Waals surface area contributed by atoms with Gasteiger partial charge in [0.25, 0.3) is 0 Å². The number of pyridine rings is 1. The largest absolute Gasteiger partial charge is 0.350 e. The number of rotatable bonds is 4. The van der Waals surface area contributed by atoms with Crippen molar-refractivity contribution >= 4 is 23.1 Å². The Kier molecular flexibility index (Phi) is 4.00. The summed E-state index contributed by atoms with van der Waals surface area (Å²) < 4.78 is 0.925. The fraction of sp³-hybridized carbons (Fsp3) is 0.100. The van der Waals surface area contributed by atoms with E-state index in [0.717, 1.165) is 10.8 Å². The third-order valence-electron chi connectivity index (χ3n) is 2.58. The molecule has 0 radical (unpaired) electrons. The molecule has 2 aromatic heterocycles. The normalized spacial score (nSPS) is 10.4. The average Bonchev–Trinajstić information content (AvgIpc) is 2.43. The first-order valence-electron chi connectivity index (χ1n) is 5.52. The minimum Gasteiger partial charge on any atom is -0.308 e. The summed E-state index contributed by atoms with van der Waals surface area (Å²) in [7, 11) is 0. The van der Waals surface area contributed by atoms with Crippen molar-refractivity contribution in [3.63, 3.8) is 0 Å². The molecule has 4 N–H and O–H groups in total. The predicted molar refractivity (Wildman–Crippen MR) is 74.1 cm³/mol. The Hall–Kier alpha value is -2.72. The van der Waals surface area contributed by atoms with Gasteiger partial charge in [-0.25, -0.2) is 15.6 Å². The molecule has 0 amide bonds. The maximum absolute atomic E-state index is 11.7. The van der Waals surface area contributed by atoms with Crippen molar-refractivity contribution < 1.29 is 4.92 Å². The number of nitrogen functional groups attached to an aromatic ring is 1. The van der Waals surface area contributed by atoms with Crippen molar-refractivity contribution in [1.29, 1.82) is 0 Å². The standard InChI is InChI=1S/C10H9ClN6O4/c11-5-1-2-8(15-12)13-6(5)3-16-4-7(17(20)21)9(18)14-10(16)19/h1-2,4H,3,12H2,(H,13,15)(H,14,18,19). The fourth-order valence-corrected chi connectivity index (χ4v) is 1.75. The Morgan fingerprint density at radius 2 is 2.19 bits per heavy atom. The zero-order valence-electron chi connectivity index (χ0n) is 10.4. The lowest BCUT2D eigenvalue weighted by Crippen LogP contribution is -2.31. The number of aromatic amines is 1. The van der Waals surface area contributed by atoms with E-state index in [-0.39, 0.29) is 17.3 Å². The van der Waals surface area contributed by atoms with Crippen LogP contribution in [0.2, 0.25) is 5.02 Å². The van der Waals surface area contributed by atoms with E-state index in [1.54, 1.807) is 0 Å². The maximum atomic E-state index is 11.7. The van der Waals surface area contributed by atoms with Crippen molar-refractivity contribution in [2.45, 2.75) is 6.54 Å². The van der Waals surface area contributed by atoms with Crippen LogP contribution in [0.3, 0.4) is 0 Å². The van der Waals surface area contributed by atoms with Crippen LogP contribution in [0.4, 0.5) is 11.5 Å².